The zero-order valence-electron chi connectivity index (χ0n) is 17.9. The number of nitrogens with one attached hydrogen (secondary N) is 2. The Balaban J connectivity index is 1.44. The van der Waals surface area contributed by atoms with Gasteiger partial charge < -0.3 is 14.9 Å². The molecule has 8 heteroatoms. The smallest absolute Gasteiger partial charge is 0.333 e. The summed E-state index contributed by atoms with van der Waals surface area (Å²) in [5, 5.41) is 3.21. The van der Waals surface area contributed by atoms with E-state index in [9.17, 15) is 14.4 Å². The monoisotopic (exact) mass is 439 g/mol. The number of para-hydroxylation sites is 3. The van der Waals surface area contributed by atoms with Gasteiger partial charge in [0.25, 0.3) is 11.5 Å². The summed E-state index contributed by atoms with van der Waals surface area (Å²) in [4.78, 5) is 45.7. The number of carbonyl (C=O) groups excluding carboxylic acids is 1. The molecule has 0 unspecified atom stereocenters. The minimum absolute atomic E-state index is 0.255. The molecule has 0 radical (unpaired) electrons. The molecule has 2 heterocycles. The molecule has 8 nitrogen and oxygen atoms in total. The number of amides is 1. The minimum atomic E-state index is -0.562. The third kappa shape index (κ3) is 3.61. The first-order valence-corrected chi connectivity index (χ1v) is 10.6. The van der Waals surface area contributed by atoms with Gasteiger partial charge in [0, 0.05) is 12.1 Å². The SMILES string of the molecule is CCn1c(CNC(=O)c2ccc3c(=O)n(-c4ccccc4)c(=O)[nH]c3c2)nc2ccccc21. The molecule has 0 saturated carbocycles. The third-order valence-electron chi connectivity index (χ3n) is 5.63. The zero-order chi connectivity index (χ0) is 22.9. The molecule has 33 heavy (non-hydrogen) atoms. The number of hydrogen-bond donors (Lipinski definition) is 2. The van der Waals surface area contributed by atoms with E-state index in [0.717, 1.165) is 28.0 Å². The first kappa shape index (κ1) is 20.4. The first-order chi connectivity index (χ1) is 16.1. The van der Waals surface area contributed by atoms with Crippen LogP contribution in [0.25, 0.3) is 27.6 Å². The summed E-state index contributed by atoms with van der Waals surface area (Å²) in [6, 6.07) is 21.2. The van der Waals surface area contributed by atoms with Crippen molar-refractivity contribution in [2.45, 2.75) is 20.0 Å². The second kappa shape index (κ2) is 8.23. The topological polar surface area (TPSA) is 102 Å². The standard InChI is InChI=1S/C25H21N5O3/c1-2-29-21-11-7-6-10-19(21)27-22(29)15-26-23(31)16-12-13-18-20(14-16)28-25(33)30(24(18)32)17-8-4-3-5-9-17/h3-14H,2,15H2,1H3,(H,26,31)(H,28,33). The van der Waals surface area contributed by atoms with Crippen molar-refractivity contribution < 1.29 is 4.79 Å². The highest BCUT2D eigenvalue weighted by Crippen LogP contribution is 2.16. The van der Waals surface area contributed by atoms with Gasteiger partial charge in [-0.15, -0.1) is 0 Å². The van der Waals surface area contributed by atoms with Crippen LogP contribution in [0.5, 0.6) is 0 Å². The lowest BCUT2D eigenvalue weighted by molar-refractivity contribution is 0.0949. The van der Waals surface area contributed by atoms with Gasteiger partial charge in [-0.2, -0.15) is 0 Å². The highest BCUT2D eigenvalue weighted by molar-refractivity contribution is 5.97. The van der Waals surface area contributed by atoms with E-state index in [1.807, 2.05) is 37.3 Å². The van der Waals surface area contributed by atoms with E-state index in [1.54, 1.807) is 36.4 Å². The Morgan fingerprint density at radius 1 is 1.00 bits per heavy atom. The minimum Gasteiger partial charge on any atom is -0.345 e. The molecular formula is C25H21N5O3. The number of aromatic amines is 1. The number of benzene rings is 3. The van der Waals surface area contributed by atoms with Crippen LogP contribution in [0.4, 0.5) is 0 Å². The van der Waals surface area contributed by atoms with Crippen LogP contribution in [0.15, 0.2) is 82.4 Å². The lowest BCUT2D eigenvalue weighted by atomic mass is 10.1. The average Bonchev–Trinajstić information content (AvgIpc) is 3.20. The number of carbonyl (C=O) groups is 1. The van der Waals surface area contributed by atoms with E-state index in [-0.39, 0.29) is 12.5 Å². The van der Waals surface area contributed by atoms with E-state index in [1.165, 1.54) is 6.07 Å². The predicted molar refractivity (Wildman–Crippen MR) is 127 cm³/mol. The van der Waals surface area contributed by atoms with E-state index < -0.39 is 11.2 Å². The van der Waals surface area contributed by atoms with Crippen molar-refractivity contribution in [3.8, 4) is 5.69 Å². The number of aryl methyl sites for hydroxylation is 1. The maximum absolute atomic E-state index is 12.9. The molecule has 0 saturated heterocycles. The molecule has 0 aliphatic heterocycles. The fraction of sp³-hybridized carbons (Fsp3) is 0.120. The van der Waals surface area contributed by atoms with Crippen molar-refractivity contribution in [2.75, 3.05) is 0 Å². The molecule has 164 valence electrons. The molecule has 2 aromatic heterocycles. The van der Waals surface area contributed by atoms with Gasteiger partial charge in [0.1, 0.15) is 5.82 Å². The van der Waals surface area contributed by atoms with Crippen molar-refractivity contribution in [3.05, 3.63) is 105 Å². The van der Waals surface area contributed by atoms with Crippen molar-refractivity contribution in [3.63, 3.8) is 0 Å². The molecule has 3 aromatic carbocycles. The second-order valence-corrected chi connectivity index (χ2v) is 7.61. The fourth-order valence-electron chi connectivity index (χ4n) is 4.05. The number of nitrogens with zero attached hydrogens (tertiary/aromatic N) is 3. The molecule has 2 N–H and O–H groups in total. The Hall–Kier alpha value is -4.46. The maximum atomic E-state index is 12.9. The van der Waals surface area contributed by atoms with Crippen molar-refractivity contribution in [2.24, 2.45) is 0 Å². The van der Waals surface area contributed by atoms with Crippen LogP contribution in [0.1, 0.15) is 23.1 Å². The maximum Gasteiger partial charge on any atom is 0.333 e. The Bertz CT molecular complexity index is 1610. The van der Waals surface area contributed by atoms with Crippen LogP contribution in [0, 0.1) is 0 Å². The van der Waals surface area contributed by atoms with Crippen molar-refractivity contribution in [1.82, 2.24) is 24.4 Å². The van der Waals surface area contributed by atoms with Crippen LogP contribution < -0.4 is 16.6 Å². The molecule has 1 amide bonds. The number of fused-ring (bicyclic) bond motifs is 2. The summed E-state index contributed by atoms with van der Waals surface area (Å²) in [5.41, 5.74) is 2.02. The number of H-pyrrole nitrogens is 1. The van der Waals surface area contributed by atoms with Gasteiger partial charge in [-0.3, -0.25) is 9.59 Å². The molecule has 5 aromatic rings. The Morgan fingerprint density at radius 2 is 1.76 bits per heavy atom. The van der Waals surface area contributed by atoms with Crippen molar-refractivity contribution in [1.29, 1.82) is 0 Å². The van der Waals surface area contributed by atoms with Gasteiger partial charge in [-0.1, -0.05) is 30.3 Å². The number of rotatable bonds is 5. The normalized spacial score (nSPS) is 11.2. The Morgan fingerprint density at radius 3 is 2.55 bits per heavy atom. The largest absolute Gasteiger partial charge is 0.345 e. The second-order valence-electron chi connectivity index (χ2n) is 7.61. The van der Waals surface area contributed by atoms with E-state index in [2.05, 4.69) is 19.9 Å². The number of hydrogen-bond acceptors (Lipinski definition) is 4. The highest BCUT2D eigenvalue weighted by atomic mass is 16.2. The Labute approximate surface area is 188 Å². The van der Waals surface area contributed by atoms with E-state index in [4.69, 9.17) is 0 Å². The number of imidazole rings is 1. The lowest BCUT2D eigenvalue weighted by Gasteiger charge is -2.09. The molecule has 0 fully saturated rings. The molecule has 0 atom stereocenters. The third-order valence-corrected chi connectivity index (χ3v) is 5.63. The van der Waals surface area contributed by atoms with Gasteiger partial charge in [0.2, 0.25) is 0 Å². The molecular weight excluding hydrogens is 418 g/mol. The van der Waals surface area contributed by atoms with Crippen LogP contribution in [0.2, 0.25) is 0 Å². The molecule has 0 aliphatic rings. The van der Waals surface area contributed by atoms with Crippen LogP contribution in [-0.2, 0) is 13.1 Å². The lowest BCUT2D eigenvalue weighted by Crippen LogP contribution is -2.33. The summed E-state index contributed by atoms with van der Waals surface area (Å²) in [6.07, 6.45) is 0. The summed E-state index contributed by atoms with van der Waals surface area (Å²) < 4.78 is 3.14. The molecule has 5 rings (SSSR count). The predicted octanol–water partition coefficient (Wildman–Crippen LogP) is 2.98. The zero-order valence-corrected chi connectivity index (χ0v) is 17.9. The summed E-state index contributed by atoms with van der Waals surface area (Å²) in [7, 11) is 0. The Kier molecular flexibility index (Phi) is 5.10. The summed E-state index contributed by atoms with van der Waals surface area (Å²) in [6.45, 7) is 3.02. The number of aromatic nitrogens is 4. The van der Waals surface area contributed by atoms with Gasteiger partial charge in [0.05, 0.1) is 34.2 Å². The van der Waals surface area contributed by atoms with Gasteiger partial charge in [-0.25, -0.2) is 14.3 Å². The van der Waals surface area contributed by atoms with Crippen molar-refractivity contribution >= 4 is 27.8 Å². The summed E-state index contributed by atoms with van der Waals surface area (Å²) in [5.74, 6) is 0.437. The van der Waals surface area contributed by atoms with Crippen LogP contribution in [-0.4, -0.2) is 25.0 Å². The van der Waals surface area contributed by atoms with Gasteiger partial charge >= 0.3 is 5.69 Å². The van der Waals surface area contributed by atoms with Gasteiger partial charge in [0.15, 0.2) is 0 Å². The van der Waals surface area contributed by atoms with E-state index in [0.29, 0.717) is 22.2 Å². The van der Waals surface area contributed by atoms with E-state index >= 15 is 0 Å². The molecule has 0 bridgehead atoms. The average molecular weight is 439 g/mol. The van der Waals surface area contributed by atoms with Crippen LogP contribution in [0.3, 0.4) is 0 Å². The summed E-state index contributed by atoms with van der Waals surface area (Å²) >= 11 is 0. The molecule has 0 aliphatic carbocycles. The fourth-order valence-corrected chi connectivity index (χ4v) is 4.05. The highest BCUT2D eigenvalue weighted by Gasteiger charge is 2.14. The first-order valence-electron chi connectivity index (χ1n) is 10.6. The quantitative estimate of drug-likeness (QED) is 0.440. The van der Waals surface area contributed by atoms with Crippen LogP contribution >= 0.6 is 0 Å². The van der Waals surface area contributed by atoms with Gasteiger partial charge in [-0.05, 0) is 49.4 Å². The molecule has 0 spiro atoms.